The fraction of sp³-hybridized carbons (Fsp3) is 0.0476. The minimum atomic E-state index is -0.115. The molecule has 0 aliphatic heterocycles. The average molecular weight is 360 g/mol. The van der Waals surface area contributed by atoms with Gasteiger partial charge in [0.05, 0.1) is 6.26 Å². The number of carbonyl (C=O) groups excluding carboxylic acids is 1. The number of rotatable bonds is 5. The zero-order valence-corrected chi connectivity index (χ0v) is 14.7. The fourth-order valence-electron chi connectivity index (χ4n) is 2.74. The lowest BCUT2D eigenvalue weighted by molar-refractivity contribution is 0.0951. The van der Waals surface area contributed by atoms with Crippen molar-refractivity contribution in [2.75, 3.05) is 0 Å². The number of carbonyl (C=O) groups is 1. The van der Waals surface area contributed by atoms with E-state index in [0.717, 1.165) is 16.8 Å². The lowest BCUT2D eigenvalue weighted by Gasteiger charge is -2.09. The van der Waals surface area contributed by atoms with Gasteiger partial charge in [-0.2, -0.15) is 11.3 Å². The summed E-state index contributed by atoms with van der Waals surface area (Å²) in [6.45, 7) is 0.384. The van der Waals surface area contributed by atoms with Gasteiger partial charge < -0.3 is 9.73 Å². The topological polar surface area (TPSA) is 55.1 Å². The molecule has 3 aromatic heterocycles. The van der Waals surface area contributed by atoms with Crippen LogP contribution in [0.3, 0.4) is 0 Å². The number of nitrogens with zero attached hydrogens (tertiary/aromatic N) is 1. The second kappa shape index (κ2) is 7.37. The molecule has 0 fully saturated rings. The smallest absolute Gasteiger partial charge is 0.251 e. The van der Waals surface area contributed by atoms with E-state index in [-0.39, 0.29) is 5.91 Å². The molecule has 4 rings (SSSR count). The van der Waals surface area contributed by atoms with Crippen molar-refractivity contribution in [3.8, 4) is 22.6 Å². The molecule has 5 heteroatoms. The van der Waals surface area contributed by atoms with Gasteiger partial charge in [0.15, 0.2) is 5.76 Å². The largest absolute Gasteiger partial charge is 0.463 e. The molecule has 0 spiro atoms. The summed E-state index contributed by atoms with van der Waals surface area (Å²) >= 11 is 1.66. The SMILES string of the molecule is O=C(NCc1cccnc1-c1ccco1)c1ccc(-c2ccsc2)cc1. The van der Waals surface area contributed by atoms with Crippen LogP contribution < -0.4 is 5.32 Å². The molecule has 26 heavy (non-hydrogen) atoms. The molecule has 0 radical (unpaired) electrons. The number of furan rings is 1. The Hall–Kier alpha value is -3.18. The van der Waals surface area contributed by atoms with Gasteiger partial charge in [-0.3, -0.25) is 9.78 Å². The number of benzene rings is 1. The number of nitrogens with one attached hydrogen (secondary N) is 1. The molecule has 128 valence electrons. The predicted octanol–water partition coefficient (Wildman–Crippen LogP) is 5.00. The zero-order chi connectivity index (χ0) is 17.8. The molecule has 1 amide bonds. The predicted molar refractivity (Wildman–Crippen MR) is 103 cm³/mol. The van der Waals surface area contributed by atoms with E-state index in [9.17, 15) is 4.79 Å². The second-order valence-electron chi connectivity index (χ2n) is 5.76. The van der Waals surface area contributed by atoms with Crippen LogP contribution in [0, 0.1) is 0 Å². The number of hydrogen-bond acceptors (Lipinski definition) is 4. The second-order valence-corrected chi connectivity index (χ2v) is 6.54. The third-order valence-electron chi connectivity index (χ3n) is 4.09. The molecule has 4 nitrogen and oxygen atoms in total. The van der Waals surface area contributed by atoms with Crippen LogP contribution in [0.25, 0.3) is 22.6 Å². The summed E-state index contributed by atoms with van der Waals surface area (Å²) in [5, 5.41) is 7.09. The first kappa shape index (κ1) is 16.3. The molecular weight excluding hydrogens is 344 g/mol. The lowest BCUT2D eigenvalue weighted by atomic mass is 10.1. The highest BCUT2D eigenvalue weighted by atomic mass is 32.1. The molecule has 0 aliphatic carbocycles. The van der Waals surface area contributed by atoms with E-state index in [1.165, 1.54) is 5.56 Å². The maximum absolute atomic E-state index is 12.5. The molecule has 0 saturated carbocycles. The maximum atomic E-state index is 12.5. The first-order valence-corrected chi connectivity index (χ1v) is 9.14. The molecule has 0 aliphatic rings. The maximum Gasteiger partial charge on any atom is 0.251 e. The quantitative estimate of drug-likeness (QED) is 0.545. The van der Waals surface area contributed by atoms with E-state index >= 15 is 0 Å². The van der Waals surface area contributed by atoms with E-state index in [4.69, 9.17) is 4.42 Å². The zero-order valence-electron chi connectivity index (χ0n) is 13.9. The lowest BCUT2D eigenvalue weighted by Crippen LogP contribution is -2.23. The van der Waals surface area contributed by atoms with Crippen molar-refractivity contribution in [1.82, 2.24) is 10.3 Å². The van der Waals surface area contributed by atoms with Crippen molar-refractivity contribution in [2.45, 2.75) is 6.54 Å². The van der Waals surface area contributed by atoms with Crippen LogP contribution in [0.15, 0.2) is 82.2 Å². The summed E-state index contributed by atoms with van der Waals surface area (Å²) in [5.41, 5.74) is 4.55. The van der Waals surface area contributed by atoms with Crippen molar-refractivity contribution < 1.29 is 9.21 Å². The summed E-state index contributed by atoms with van der Waals surface area (Å²) in [7, 11) is 0. The van der Waals surface area contributed by atoms with Crippen LogP contribution in [0.5, 0.6) is 0 Å². The van der Waals surface area contributed by atoms with E-state index in [1.807, 2.05) is 53.9 Å². The van der Waals surface area contributed by atoms with Crippen LogP contribution >= 0.6 is 11.3 Å². The fourth-order valence-corrected chi connectivity index (χ4v) is 3.40. The van der Waals surface area contributed by atoms with Crippen LogP contribution in [0.4, 0.5) is 0 Å². The van der Waals surface area contributed by atoms with E-state index in [0.29, 0.717) is 17.9 Å². The van der Waals surface area contributed by atoms with Crippen LogP contribution in [0.2, 0.25) is 0 Å². The normalized spacial score (nSPS) is 10.6. The Balaban J connectivity index is 1.46. The van der Waals surface area contributed by atoms with Gasteiger partial charge in [0.1, 0.15) is 5.69 Å². The van der Waals surface area contributed by atoms with Gasteiger partial charge in [-0.15, -0.1) is 0 Å². The first-order chi connectivity index (χ1) is 12.8. The Morgan fingerprint density at radius 3 is 2.65 bits per heavy atom. The molecule has 3 heterocycles. The highest BCUT2D eigenvalue weighted by Gasteiger charge is 2.11. The first-order valence-electron chi connectivity index (χ1n) is 8.20. The Bertz CT molecular complexity index is 991. The number of pyridine rings is 1. The highest BCUT2D eigenvalue weighted by Crippen LogP contribution is 2.23. The Labute approximate surface area is 155 Å². The molecule has 0 unspecified atom stereocenters. The van der Waals surface area contributed by atoms with Crippen LogP contribution in [-0.2, 0) is 6.54 Å². The van der Waals surface area contributed by atoms with Gasteiger partial charge in [0.25, 0.3) is 5.91 Å². The van der Waals surface area contributed by atoms with E-state index < -0.39 is 0 Å². The standard InChI is InChI=1S/C21H16N2O2S/c24-21(16-7-5-15(6-8-16)18-9-12-26-14-18)23-13-17-3-1-10-22-20(17)19-4-2-11-25-19/h1-12,14H,13H2,(H,23,24). The Morgan fingerprint density at radius 1 is 1.04 bits per heavy atom. The molecule has 1 N–H and O–H groups in total. The van der Waals surface area contributed by atoms with Crippen LogP contribution in [-0.4, -0.2) is 10.9 Å². The molecule has 0 bridgehead atoms. The minimum Gasteiger partial charge on any atom is -0.463 e. The van der Waals surface area contributed by atoms with E-state index in [2.05, 4.69) is 21.7 Å². The number of amides is 1. The van der Waals surface area contributed by atoms with Crippen molar-refractivity contribution in [3.05, 3.63) is 88.9 Å². The summed E-state index contributed by atoms with van der Waals surface area (Å²) in [4.78, 5) is 16.8. The van der Waals surface area contributed by atoms with Gasteiger partial charge in [-0.25, -0.2) is 0 Å². The molecule has 0 saturated heterocycles. The van der Waals surface area contributed by atoms with Gasteiger partial charge in [-0.1, -0.05) is 18.2 Å². The van der Waals surface area contributed by atoms with Gasteiger partial charge in [0.2, 0.25) is 0 Å². The number of hydrogen-bond donors (Lipinski definition) is 1. The minimum absolute atomic E-state index is 0.115. The van der Waals surface area contributed by atoms with Crippen molar-refractivity contribution in [1.29, 1.82) is 0 Å². The molecule has 4 aromatic rings. The highest BCUT2D eigenvalue weighted by molar-refractivity contribution is 7.08. The van der Waals surface area contributed by atoms with Gasteiger partial charge in [0, 0.05) is 23.9 Å². The van der Waals surface area contributed by atoms with Gasteiger partial charge >= 0.3 is 0 Å². The number of thiophene rings is 1. The monoisotopic (exact) mass is 360 g/mol. The summed E-state index contributed by atoms with van der Waals surface area (Å²) in [6, 6.07) is 17.2. The third kappa shape index (κ3) is 3.43. The van der Waals surface area contributed by atoms with Crippen molar-refractivity contribution >= 4 is 17.2 Å². The van der Waals surface area contributed by atoms with Crippen molar-refractivity contribution in [3.63, 3.8) is 0 Å². The third-order valence-corrected chi connectivity index (χ3v) is 4.77. The Kier molecular flexibility index (Phi) is 4.62. The van der Waals surface area contributed by atoms with Gasteiger partial charge in [-0.05, 0) is 58.3 Å². The molecule has 1 aromatic carbocycles. The van der Waals surface area contributed by atoms with E-state index in [1.54, 1.807) is 23.8 Å². The molecular formula is C21H16N2O2S. The average Bonchev–Trinajstić information content (AvgIpc) is 3.40. The summed E-state index contributed by atoms with van der Waals surface area (Å²) < 4.78 is 5.43. The van der Waals surface area contributed by atoms with Crippen molar-refractivity contribution in [2.24, 2.45) is 0 Å². The van der Waals surface area contributed by atoms with Crippen LogP contribution in [0.1, 0.15) is 15.9 Å². The summed E-state index contributed by atoms with van der Waals surface area (Å²) in [6.07, 6.45) is 3.33. The summed E-state index contributed by atoms with van der Waals surface area (Å²) in [5.74, 6) is 0.575. The Morgan fingerprint density at radius 2 is 1.92 bits per heavy atom. The number of aromatic nitrogens is 1. The molecule has 0 atom stereocenters.